The molecule has 3 heterocycles. The Morgan fingerprint density at radius 2 is 1.96 bits per heavy atom. The van der Waals surface area contributed by atoms with Gasteiger partial charge in [0, 0.05) is 12.7 Å². The van der Waals surface area contributed by atoms with Crippen molar-refractivity contribution in [2.75, 3.05) is 11.4 Å². The van der Waals surface area contributed by atoms with Crippen molar-refractivity contribution < 1.29 is 13.2 Å². The number of aromatic nitrogens is 4. The van der Waals surface area contributed by atoms with Gasteiger partial charge in [-0.1, -0.05) is 12.1 Å². The average Bonchev–Trinajstić information content (AvgIpc) is 3.12. The van der Waals surface area contributed by atoms with Gasteiger partial charge >= 0.3 is 6.18 Å². The Bertz CT molecular complexity index is 1080. The van der Waals surface area contributed by atoms with E-state index in [1.807, 2.05) is 4.90 Å². The lowest BCUT2D eigenvalue weighted by Crippen LogP contribution is -2.36. The summed E-state index contributed by atoms with van der Waals surface area (Å²) in [7, 11) is 0. The molecule has 0 amide bonds. The Hall–Kier alpha value is -2.97. The van der Waals surface area contributed by atoms with Crippen LogP contribution < -0.4 is 10.5 Å². The van der Waals surface area contributed by atoms with Gasteiger partial charge in [0.15, 0.2) is 0 Å². The summed E-state index contributed by atoms with van der Waals surface area (Å²) in [6.45, 7) is 1.04. The van der Waals surface area contributed by atoms with Gasteiger partial charge in [-0.15, -0.1) is 0 Å². The van der Waals surface area contributed by atoms with E-state index in [0.717, 1.165) is 11.0 Å². The largest absolute Gasteiger partial charge is 0.406 e. The Morgan fingerprint density at radius 1 is 1.18 bits per heavy atom. The van der Waals surface area contributed by atoms with Crippen LogP contribution in [-0.4, -0.2) is 32.2 Å². The molecule has 28 heavy (non-hydrogen) atoms. The number of hydrogen-bond acceptors (Lipinski definition) is 5. The van der Waals surface area contributed by atoms with Gasteiger partial charge in [-0.2, -0.15) is 13.2 Å². The molecule has 0 aliphatic carbocycles. The molecule has 1 fully saturated rings. The maximum atomic E-state index is 13.2. The predicted molar refractivity (Wildman–Crippen MR) is 98.1 cm³/mol. The summed E-state index contributed by atoms with van der Waals surface area (Å²) in [5.74, 6) is 0.685. The smallest absolute Gasteiger partial charge is 0.345 e. The van der Waals surface area contributed by atoms with Crippen LogP contribution in [-0.2, 0) is 6.54 Å². The highest BCUT2D eigenvalue weighted by molar-refractivity contribution is 5.77. The molecule has 1 aromatic carbocycles. The van der Waals surface area contributed by atoms with E-state index in [4.69, 9.17) is 0 Å². The lowest BCUT2D eigenvalue weighted by molar-refractivity contribution is -0.141. The van der Waals surface area contributed by atoms with Gasteiger partial charge in [0.2, 0.25) is 0 Å². The minimum absolute atomic E-state index is 0.113. The normalized spacial score (nSPS) is 17.4. The fourth-order valence-electron chi connectivity index (χ4n) is 3.67. The zero-order valence-corrected chi connectivity index (χ0v) is 15.1. The van der Waals surface area contributed by atoms with Crippen molar-refractivity contribution in [3.8, 4) is 0 Å². The van der Waals surface area contributed by atoms with E-state index in [1.54, 1.807) is 37.5 Å². The van der Waals surface area contributed by atoms with E-state index < -0.39 is 24.3 Å². The molecule has 0 N–H and O–H groups in total. The number of anilines is 1. The van der Waals surface area contributed by atoms with Crippen LogP contribution in [0.5, 0.6) is 0 Å². The van der Waals surface area contributed by atoms with Crippen molar-refractivity contribution in [1.82, 2.24) is 19.5 Å². The van der Waals surface area contributed by atoms with Gasteiger partial charge in [0.25, 0.3) is 5.56 Å². The Morgan fingerprint density at radius 3 is 2.71 bits per heavy atom. The lowest BCUT2D eigenvalue weighted by atomic mass is 10.1. The Labute approximate surface area is 158 Å². The number of halogens is 3. The molecule has 1 aliphatic rings. The van der Waals surface area contributed by atoms with Crippen LogP contribution in [0, 0.1) is 6.92 Å². The number of aryl methyl sites for hydroxylation is 1. The molecule has 1 saturated heterocycles. The molecular weight excluding hydrogens is 371 g/mol. The van der Waals surface area contributed by atoms with Crippen molar-refractivity contribution in [2.24, 2.45) is 0 Å². The number of nitrogens with zero attached hydrogens (tertiary/aromatic N) is 5. The van der Waals surface area contributed by atoms with Crippen LogP contribution in [0.3, 0.4) is 0 Å². The van der Waals surface area contributed by atoms with Crippen molar-refractivity contribution in [3.63, 3.8) is 0 Å². The number of alkyl halides is 3. The maximum absolute atomic E-state index is 13.2. The van der Waals surface area contributed by atoms with Crippen LogP contribution in [0.25, 0.3) is 10.9 Å². The van der Waals surface area contributed by atoms with E-state index in [9.17, 15) is 18.0 Å². The monoisotopic (exact) mass is 389 g/mol. The van der Waals surface area contributed by atoms with Gasteiger partial charge in [-0.05, 0) is 31.9 Å². The van der Waals surface area contributed by atoms with Gasteiger partial charge in [-0.25, -0.2) is 9.97 Å². The molecule has 1 aliphatic heterocycles. The summed E-state index contributed by atoms with van der Waals surface area (Å²) < 4.78 is 40.5. The predicted octanol–water partition coefficient (Wildman–Crippen LogP) is 3.40. The zero-order chi connectivity index (χ0) is 19.9. The van der Waals surface area contributed by atoms with Crippen LogP contribution in [0.4, 0.5) is 19.0 Å². The van der Waals surface area contributed by atoms with Gasteiger partial charge < -0.3 is 4.90 Å². The third-order valence-electron chi connectivity index (χ3n) is 4.82. The fourth-order valence-corrected chi connectivity index (χ4v) is 3.67. The molecule has 0 bridgehead atoms. The topological polar surface area (TPSA) is 63.9 Å². The highest BCUT2D eigenvalue weighted by Gasteiger charge is 2.35. The minimum atomic E-state index is -4.53. The van der Waals surface area contributed by atoms with Crippen molar-refractivity contribution in [3.05, 3.63) is 58.5 Å². The summed E-state index contributed by atoms with van der Waals surface area (Å²) in [6, 6.07) is 6.00. The van der Waals surface area contributed by atoms with E-state index in [2.05, 4.69) is 15.0 Å². The standard InChI is InChI=1S/C19H18F3N5O/c1-12-9-23-10-16(24-12)26-8-4-7-15(26)17-25-14-6-3-2-5-13(14)18(28)27(17)11-19(20,21)22/h2-3,5-6,9-10,15H,4,7-8,11H2,1H3. The van der Waals surface area contributed by atoms with Crippen LogP contribution in [0.15, 0.2) is 41.5 Å². The quantitative estimate of drug-likeness (QED) is 0.687. The van der Waals surface area contributed by atoms with Crippen LogP contribution in [0.1, 0.15) is 30.4 Å². The number of hydrogen-bond donors (Lipinski definition) is 0. The molecule has 1 unspecified atom stereocenters. The number of benzene rings is 1. The summed E-state index contributed by atoms with van der Waals surface area (Å²) in [5, 5.41) is 0.176. The maximum Gasteiger partial charge on any atom is 0.406 e. The van der Waals surface area contributed by atoms with E-state index in [1.165, 1.54) is 6.07 Å². The molecule has 0 radical (unpaired) electrons. The molecule has 2 aromatic heterocycles. The van der Waals surface area contributed by atoms with Gasteiger partial charge in [0.1, 0.15) is 18.2 Å². The van der Waals surface area contributed by atoms with Crippen molar-refractivity contribution in [1.29, 1.82) is 0 Å². The molecule has 0 spiro atoms. The average molecular weight is 389 g/mol. The first kappa shape index (κ1) is 18.4. The zero-order valence-electron chi connectivity index (χ0n) is 15.1. The highest BCUT2D eigenvalue weighted by atomic mass is 19.4. The molecule has 4 rings (SSSR count). The first-order valence-electron chi connectivity index (χ1n) is 8.95. The molecular formula is C19H18F3N5O. The Kier molecular flexibility index (Phi) is 4.52. The van der Waals surface area contributed by atoms with Gasteiger partial charge in [0.05, 0.1) is 28.8 Å². The summed E-state index contributed by atoms with van der Waals surface area (Å²) in [6.07, 6.45) is 0.00353. The van der Waals surface area contributed by atoms with Crippen molar-refractivity contribution >= 4 is 16.7 Å². The molecule has 3 aromatic rings. The SMILES string of the molecule is Cc1cncc(N2CCCC2c2nc3ccccc3c(=O)n2CC(F)(F)F)n1. The number of rotatable bonds is 3. The second-order valence-corrected chi connectivity index (χ2v) is 6.86. The second-order valence-electron chi connectivity index (χ2n) is 6.86. The molecule has 9 heteroatoms. The van der Waals surface area contributed by atoms with E-state index in [0.29, 0.717) is 30.0 Å². The van der Waals surface area contributed by atoms with Crippen molar-refractivity contribution in [2.45, 2.75) is 38.5 Å². The minimum Gasteiger partial charge on any atom is -0.345 e. The second kappa shape index (κ2) is 6.88. The van der Waals surface area contributed by atoms with Gasteiger partial charge in [-0.3, -0.25) is 14.3 Å². The summed E-state index contributed by atoms with van der Waals surface area (Å²) in [5.41, 5.74) is 0.422. The number of fused-ring (bicyclic) bond motifs is 1. The van der Waals surface area contributed by atoms with E-state index >= 15 is 0 Å². The number of para-hydroxylation sites is 1. The summed E-state index contributed by atoms with van der Waals surface area (Å²) >= 11 is 0. The van der Waals surface area contributed by atoms with E-state index in [-0.39, 0.29) is 11.2 Å². The highest BCUT2D eigenvalue weighted by Crippen LogP contribution is 2.35. The summed E-state index contributed by atoms with van der Waals surface area (Å²) in [4.78, 5) is 27.8. The van der Waals surface area contributed by atoms with Crippen LogP contribution in [0.2, 0.25) is 0 Å². The molecule has 1 atom stereocenters. The fraction of sp³-hybridized carbons (Fsp3) is 0.368. The molecule has 146 valence electrons. The third-order valence-corrected chi connectivity index (χ3v) is 4.82. The van der Waals surface area contributed by atoms with Crippen LogP contribution >= 0.6 is 0 Å². The Balaban J connectivity index is 1.88. The molecule has 6 nitrogen and oxygen atoms in total. The first-order chi connectivity index (χ1) is 13.3. The lowest BCUT2D eigenvalue weighted by Gasteiger charge is -2.27. The molecule has 0 saturated carbocycles. The first-order valence-corrected chi connectivity index (χ1v) is 8.95. The third kappa shape index (κ3) is 3.44.